The Kier molecular flexibility index (Phi) is 5.69. The molecule has 2 aromatic heterocycles. The number of methoxy groups -OCH3 is 1. The summed E-state index contributed by atoms with van der Waals surface area (Å²) in [6.07, 6.45) is 0.103. The topological polar surface area (TPSA) is 103 Å². The minimum Gasteiger partial charge on any atom is -0.497 e. The van der Waals surface area contributed by atoms with Crippen LogP contribution in [0.25, 0.3) is 11.5 Å². The summed E-state index contributed by atoms with van der Waals surface area (Å²) >= 11 is 0. The molecule has 8 nitrogen and oxygen atoms in total. The average molecular weight is 426 g/mol. The van der Waals surface area contributed by atoms with E-state index in [0.717, 1.165) is 23.4 Å². The molecule has 2 heterocycles. The smallest absolute Gasteiger partial charge is 0.273 e. The standard InChI is InChI=1S/C21H16F2N4O4/c1-29-14-5-2-12(3-6-14)11-24-20(28)18-9-15(30-26-18)10-19-25-21(31-27-19)13-4-7-16(22)17(23)8-13/h2-9H,10-11H2,1H3,(H,24,28). The highest BCUT2D eigenvalue weighted by molar-refractivity contribution is 5.92. The third-order valence-electron chi connectivity index (χ3n) is 4.37. The zero-order chi connectivity index (χ0) is 21.8. The Balaban J connectivity index is 1.36. The number of benzene rings is 2. The normalized spacial score (nSPS) is 10.8. The van der Waals surface area contributed by atoms with E-state index < -0.39 is 17.5 Å². The average Bonchev–Trinajstić information content (AvgIpc) is 3.44. The van der Waals surface area contributed by atoms with Gasteiger partial charge in [-0.05, 0) is 35.9 Å². The summed E-state index contributed by atoms with van der Waals surface area (Å²) in [6.45, 7) is 0.313. The van der Waals surface area contributed by atoms with Gasteiger partial charge in [-0.15, -0.1) is 0 Å². The van der Waals surface area contributed by atoms with Crippen molar-refractivity contribution in [1.29, 1.82) is 0 Å². The van der Waals surface area contributed by atoms with Crippen LogP contribution in [0.4, 0.5) is 8.78 Å². The van der Waals surface area contributed by atoms with Crippen molar-refractivity contribution in [3.05, 3.63) is 83.0 Å². The molecule has 0 saturated heterocycles. The Labute approximate surface area is 174 Å². The monoisotopic (exact) mass is 426 g/mol. The highest BCUT2D eigenvalue weighted by Crippen LogP contribution is 2.20. The van der Waals surface area contributed by atoms with E-state index in [1.807, 2.05) is 12.1 Å². The van der Waals surface area contributed by atoms with E-state index in [1.54, 1.807) is 19.2 Å². The van der Waals surface area contributed by atoms with Crippen LogP contribution in [0, 0.1) is 11.6 Å². The number of nitrogens with zero attached hydrogens (tertiary/aromatic N) is 3. The van der Waals surface area contributed by atoms with E-state index in [2.05, 4.69) is 20.6 Å². The van der Waals surface area contributed by atoms with Crippen LogP contribution in [0.3, 0.4) is 0 Å². The molecule has 2 aromatic carbocycles. The summed E-state index contributed by atoms with van der Waals surface area (Å²) in [5.74, 6) is -1.05. The van der Waals surface area contributed by atoms with Gasteiger partial charge in [0.1, 0.15) is 11.5 Å². The Hall–Kier alpha value is -4.08. The number of rotatable bonds is 7. The largest absolute Gasteiger partial charge is 0.497 e. The van der Waals surface area contributed by atoms with Gasteiger partial charge in [0.15, 0.2) is 23.2 Å². The molecular formula is C21H16F2N4O4. The molecule has 0 fully saturated rings. The summed E-state index contributed by atoms with van der Waals surface area (Å²) in [6, 6.07) is 12.0. The number of hydrogen-bond acceptors (Lipinski definition) is 7. The maximum atomic E-state index is 13.4. The van der Waals surface area contributed by atoms with Gasteiger partial charge >= 0.3 is 0 Å². The first-order valence-corrected chi connectivity index (χ1v) is 9.16. The molecule has 1 N–H and O–H groups in total. The van der Waals surface area contributed by atoms with Crippen molar-refractivity contribution in [2.45, 2.75) is 13.0 Å². The SMILES string of the molecule is COc1ccc(CNC(=O)c2cc(Cc3noc(-c4ccc(F)c(F)c4)n3)on2)cc1. The predicted molar refractivity (Wildman–Crippen MR) is 103 cm³/mol. The van der Waals surface area contributed by atoms with E-state index in [4.69, 9.17) is 13.8 Å². The van der Waals surface area contributed by atoms with E-state index in [-0.39, 0.29) is 29.4 Å². The maximum absolute atomic E-state index is 13.4. The third-order valence-corrected chi connectivity index (χ3v) is 4.37. The van der Waals surface area contributed by atoms with Crippen LogP contribution in [0.1, 0.15) is 27.6 Å². The van der Waals surface area contributed by atoms with Crippen molar-refractivity contribution in [1.82, 2.24) is 20.6 Å². The van der Waals surface area contributed by atoms with Gasteiger partial charge in [-0.25, -0.2) is 8.78 Å². The highest BCUT2D eigenvalue weighted by atomic mass is 19.2. The maximum Gasteiger partial charge on any atom is 0.273 e. The number of amides is 1. The minimum absolute atomic E-state index is 0.0332. The zero-order valence-corrected chi connectivity index (χ0v) is 16.3. The first-order valence-electron chi connectivity index (χ1n) is 9.16. The predicted octanol–water partition coefficient (Wildman–Crippen LogP) is 3.53. The fourth-order valence-electron chi connectivity index (χ4n) is 2.75. The Morgan fingerprint density at radius 3 is 2.58 bits per heavy atom. The first-order chi connectivity index (χ1) is 15.0. The molecule has 0 unspecified atom stereocenters. The Bertz CT molecular complexity index is 1200. The molecule has 0 aliphatic carbocycles. The lowest BCUT2D eigenvalue weighted by Gasteiger charge is -2.04. The lowest BCUT2D eigenvalue weighted by atomic mass is 10.2. The van der Waals surface area contributed by atoms with Gasteiger partial charge < -0.3 is 19.1 Å². The van der Waals surface area contributed by atoms with Gasteiger partial charge in [0, 0.05) is 18.2 Å². The minimum atomic E-state index is -1.02. The number of carbonyl (C=O) groups is 1. The van der Waals surface area contributed by atoms with Gasteiger partial charge in [-0.2, -0.15) is 4.98 Å². The van der Waals surface area contributed by atoms with E-state index in [1.165, 1.54) is 12.1 Å². The lowest BCUT2D eigenvalue weighted by Crippen LogP contribution is -2.23. The zero-order valence-electron chi connectivity index (χ0n) is 16.3. The molecule has 4 aromatic rings. The van der Waals surface area contributed by atoms with Crippen molar-refractivity contribution in [2.75, 3.05) is 7.11 Å². The second-order valence-electron chi connectivity index (χ2n) is 6.53. The van der Waals surface area contributed by atoms with E-state index in [9.17, 15) is 13.6 Å². The summed E-state index contributed by atoms with van der Waals surface area (Å²) in [7, 11) is 1.58. The van der Waals surface area contributed by atoms with Crippen molar-refractivity contribution >= 4 is 5.91 Å². The van der Waals surface area contributed by atoms with Crippen molar-refractivity contribution < 1.29 is 27.4 Å². The summed E-state index contributed by atoms with van der Waals surface area (Å²) in [4.78, 5) is 16.4. The fourth-order valence-corrected chi connectivity index (χ4v) is 2.75. The fraction of sp³-hybridized carbons (Fsp3) is 0.143. The number of halogens is 2. The van der Waals surface area contributed by atoms with Gasteiger partial charge in [0.25, 0.3) is 11.8 Å². The van der Waals surface area contributed by atoms with Crippen LogP contribution in [-0.2, 0) is 13.0 Å². The Morgan fingerprint density at radius 1 is 1.03 bits per heavy atom. The van der Waals surface area contributed by atoms with Crippen LogP contribution in [0.5, 0.6) is 5.75 Å². The molecule has 0 radical (unpaired) electrons. The molecule has 158 valence electrons. The molecule has 10 heteroatoms. The first kappa shape index (κ1) is 20.2. The van der Waals surface area contributed by atoms with Crippen molar-refractivity contribution in [2.24, 2.45) is 0 Å². The second-order valence-corrected chi connectivity index (χ2v) is 6.53. The van der Waals surface area contributed by atoms with Crippen molar-refractivity contribution in [3.63, 3.8) is 0 Å². The van der Waals surface area contributed by atoms with Crippen LogP contribution >= 0.6 is 0 Å². The molecular weight excluding hydrogens is 410 g/mol. The molecule has 1 amide bonds. The summed E-state index contributed by atoms with van der Waals surface area (Å²) in [5.41, 5.74) is 1.25. The van der Waals surface area contributed by atoms with Gasteiger partial charge in [-0.1, -0.05) is 22.4 Å². The molecule has 0 atom stereocenters. The number of aromatic nitrogens is 3. The number of hydrogen-bond donors (Lipinski definition) is 1. The van der Waals surface area contributed by atoms with Crippen LogP contribution in [0.2, 0.25) is 0 Å². The molecule has 0 aliphatic heterocycles. The number of ether oxygens (including phenoxy) is 1. The van der Waals surface area contributed by atoms with Gasteiger partial charge in [0.05, 0.1) is 13.5 Å². The molecule has 0 bridgehead atoms. The number of nitrogens with one attached hydrogen (secondary N) is 1. The van der Waals surface area contributed by atoms with Crippen LogP contribution in [0.15, 0.2) is 57.6 Å². The molecule has 0 saturated carbocycles. The quantitative estimate of drug-likeness (QED) is 0.482. The summed E-state index contributed by atoms with van der Waals surface area (Å²) in [5, 5.41) is 10.3. The molecule has 0 spiro atoms. The lowest BCUT2D eigenvalue weighted by molar-refractivity contribution is 0.0941. The highest BCUT2D eigenvalue weighted by Gasteiger charge is 2.16. The van der Waals surface area contributed by atoms with E-state index in [0.29, 0.717) is 12.3 Å². The number of carbonyl (C=O) groups excluding carboxylic acids is 1. The van der Waals surface area contributed by atoms with Crippen LogP contribution < -0.4 is 10.1 Å². The summed E-state index contributed by atoms with van der Waals surface area (Å²) < 4.78 is 41.8. The van der Waals surface area contributed by atoms with Crippen molar-refractivity contribution in [3.8, 4) is 17.2 Å². The van der Waals surface area contributed by atoms with E-state index >= 15 is 0 Å². The third kappa shape index (κ3) is 4.74. The van der Waals surface area contributed by atoms with Gasteiger partial charge in [-0.3, -0.25) is 4.79 Å². The molecule has 0 aliphatic rings. The molecule has 31 heavy (non-hydrogen) atoms. The Morgan fingerprint density at radius 2 is 1.84 bits per heavy atom. The molecule has 4 rings (SSSR count). The van der Waals surface area contributed by atoms with Crippen LogP contribution in [-0.4, -0.2) is 28.3 Å². The second kappa shape index (κ2) is 8.74. The van der Waals surface area contributed by atoms with Gasteiger partial charge in [0.2, 0.25) is 0 Å².